The first-order valence-electron chi connectivity index (χ1n) is 2.57. The minimum atomic E-state index is 0.00463. The Bertz CT molecular complexity index is 98.7. The first kappa shape index (κ1) is 7.63. The molecule has 8 heavy (non-hydrogen) atoms. The van der Waals surface area contributed by atoms with Gasteiger partial charge in [0.1, 0.15) is 0 Å². The van der Waals surface area contributed by atoms with Crippen molar-refractivity contribution in [3.05, 3.63) is 12.7 Å². The van der Waals surface area contributed by atoms with E-state index in [1.54, 1.807) is 6.08 Å². The lowest BCUT2D eigenvalue weighted by molar-refractivity contribution is 0.520. The van der Waals surface area contributed by atoms with E-state index in [1.165, 1.54) is 0 Å². The van der Waals surface area contributed by atoms with E-state index >= 15 is 0 Å². The van der Waals surface area contributed by atoms with Crippen molar-refractivity contribution in [1.82, 2.24) is 0 Å². The standard InChI is InChI=1S/C6H10OS/c1-3-5(4-2)6(7)8/h3,5H,1,4H2,2H3,(H,7,8). The molecule has 0 spiro atoms. The number of hydrogen-bond donors (Lipinski definition) is 1. The highest BCUT2D eigenvalue weighted by molar-refractivity contribution is 7.80. The van der Waals surface area contributed by atoms with Gasteiger partial charge in [0.25, 0.3) is 0 Å². The molecule has 0 aliphatic heterocycles. The summed E-state index contributed by atoms with van der Waals surface area (Å²) < 4.78 is 0. The van der Waals surface area contributed by atoms with Crippen molar-refractivity contribution < 1.29 is 5.11 Å². The molecule has 0 aliphatic carbocycles. The molecule has 0 bridgehead atoms. The summed E-state index contributed by atoms with van der Waals surface area (Å²) in [6.07, 6.45) is 2.49. The highest BCUT2D eigenvalue weighted by Crippen LogP contribution is 2.03. The molecule has 0 saturated carbocycles. The van der Waals surface area contributed by atoms with Crippen molar-refractivity contribution in [2.45, 2.75) is 13.3 Å². The lowest BCUT2D eigenvalue weighted by Gasteiger charge is -2.02. The van der Waals surface area contributed by atoms with E-state index in [1.807, 2.05) is 6.92 Å². The van der Waals surface area contributed by atoms with Crippen molar-refractivity contribution >= 4 is 17.3 Å². The number of aliphatic hydroxyl groups is 1. The predicted molar refractivity (Wildman–Crippen MR) is 39.2 cm³/mol. The summed E-state index contributed by atoms with van der Waals surface area (Å²) >= 11 is 4.50. The minimum absolute atomic E-state index is 0.00463. The predicted octanol–water partition coefficient (Wildman–Crippen LogP) is 2.08. The quantitative estimate of drug-likeness (QED) is 0.466. The fourth-order valence-electron chi connectivity index (χ4n) is 0.442. The van der Waals surface area contributed by atoms with E-state index < -0.39 is 0 Å². The SMILES string of the molecule is C=CC(CC)C(O)=S. The van der Waals surface area contributed by atoms with Crippen molar-refractivity contribution in [2.75, 3.05) is 0 Å². The Labute approximate surface area is 55.0 Å². The van der Waals surface area contributed by atoms with Crippen molar-refractivity contribution in [1.29, 1.82) is 0 Å². The van der Waals surface area contributed by atoms with Crippen LogP contribution in [0.2, 0.25) is 0 Å². The van der Waals surface area contributed by atoms with E-state index in [4.69, 9.17) is 5.11 Å². The van der Waals surface area contributed by atoms with Crippen LogP contribution in [0.15, 0.2) is 12.7 Å². The Morgan fingerprint density at radius 2 is 2.50 bits per heavy atom. The number of hydrogen-bond acceptors (Lipinski definition) is 1. The molecule has 1 N–H and O–H groups in total. The zero-order valence-electron chi connectivity index (χ0n) is 4.92. The van der Waals surface area contributed by atoms with Crippen molar-refractivity contribution in [3.8, 4) is 0 Å². The van der Waals surface area contributed by atoms with Gasteiger partial charge in [-0.3, -0.25) is 0 Å². The van der Waals surface area contributed by atoms with Gasteiger partial charge in [-0.25, -0.2) is 0 Å². The van der Waals surface area contributed by atoms with Crippen LogP contribution in [0.3, 0.4) is 0 Å². The third-order valence-electron chi connectivity index (χ3n) is 1.04. The van der Waals surface area contributed by atoms with Crippen LogP contribution in [0.4, 0.5) is 0 Å². The molecule has 0 saturated heterocycles. The van der Waals surface area contributed by atoms with E-state index in [0.717, 1.165) is 6.42 Å². The molecule has 0 amide bonds. The Hall–Kier alpha value is -0.370. The topological polar surface area (TPSA) is 20.2 Å². The van der Waals surface area contributed by atoms with Gasteiger partial charge in [-0.15, -0.1) is 6.58 Å². The molecule has 1 unspecified atom stereocenters. The van der Waals surface area contributed by atoms with Crippen LogP contribution in [-0.4, -0.2) is 10.2 Å². The van der Waals surface area contributed by atoms with E-state index in [9.17, 15) is 0 Å². The van der Waals surface area contributed by atoms with Gasteiger partial charge in [0.2, 0.25) is 0 Å². The van der Waals surface area contributed by atoms with Crippen LogP contribution in [0.25, 0.3) is 0 Å². The summed E-state index contributed by atoms with van der Waals surface area (Å²) in [6.45, 7) is 5.46. The zero-order valence-corrected chi connectivity index (χ0v) is 5.74. The van der Waals surface area contributed by atoms with E-state index in [0.29, 0.717) is 0 Å². The first-order chi connectivity index (χ1) is 3.72. The molecule has 0 radical (unpaired) electrons. The zero-order chi connectivity index (χ0) is 6.57. The maximum Gasteiger partial charge on any atom is 0.163 e. The fraction of sp³-hybridized carbons (Fsp3) is 0.500. The maximum atomic E-state index is 8.67. The molecule has 1 nitrogen and oxygen atoms in total. The minimum Gasteiger partial charge on any atom is -0.502 e. The van der Waals surface area contributed by atoms with Gasteiger partial charge in [-0.2, -0.15) is 0 Å². The average molecular weight is 130 g/mol. The summed E-state index contributed by atoms with van der Waals surface area (Å²) in [4.78, 5) is 0. The van der Waals surface area contributed by atoms with Crippen molar-refractivity contribution in [2.24, 2.45) is 5.92 Å². The second kappa shape index (κ2) is 3.61. The summed E-state index contributed by atoms with van der Waals surface area (Å²) in [5, 5.41) is 8.72. The Morgan fingerprint density at radius 3 is 2.50 bits per heavy atom. The van der Waals surface area contributed by atoms with Gasteiger partial charge < -0.3 is 5.11 Å². The summed E-state index contributed by atoms with van der Waals surface area (Å²) in [7, 11) is 0. The lowest BCUT2D eigenvalue weighted by atomic mass is 10.1. The molecule has 0 heterocycles. The maximum absolute atomic E-state index is 8.67. The third kappa shape index (κ3) is 2.07. The Kier molecular flexibility index (Phi) is 3.44. The van der Waals surface area contributed by atoms with Gasteiger partial charge in [-0.05, 0) is 18.6 Å². The molecule has 0 fully saturated rings. The van der Waals surface area contributed by atoms with E-state index in [-0.39, 0.29) is 11.0 Å². The lowest BCUT2D eigenvalue weighted by Crippen LogP contribution is -2.05. The molecule has 2 heteroatoms. The fourth-order valence-corrected chi connectivity index (χ4v) is 0.705. The molecule has 0 aromatic rings. The smallest absolute Gasteiger partial charge is 0.163 e. The summed E-state index contributed by atoms with van der Waals surface area (Å²) in [6, 6.07) is 0. The number of aliphatic hydroxyl groups excluding tert-OH is 1. The third-order valence-corrected chi connectivity index (χ3v) is 1.34. The Morgan fingerprint density at radius 1 is 2.00 bits per heavy atom. The van der Waals surface area contributed by atoms with Gasteiger partial charge in [0.05, 0.1) is 0 Å². The van der Waals surface area contributed by atoms with Crippen LogP contribution in [0.1, 0.15) is 13.3 Å². The molecule has 1 atom stereocenters. The normalized spacial score (nSPS) is 12.6. The largest absolute Gasteiger partial charge is 0.502 e. The van der Waals surface area contributed by atoms with Gasteiger partial charge in [-0.1, -0.05) is 13.0 Å². The Balaban J connectivity index is 3.69. The highest BCUT2D eigenvalue weighted by atomic mass is 32.1. The molecule has 0 aliphatic rings. The van der Waals surface area contributed by atoms with Crippen LogP contribution in [0.5, 0.6) is 0 Å². The van der Waals surface area contributed by atoms with Gasteiger partial charge in [0, 0.05) is 5.92 Å². The second-order valence-electron chi connectivity index (χ2n) is 1.59. The molecular formula is C6H10OS. The molecule has 0 aromatic carbocycles. The molecule has 46 valence electrons. The highest BCUT2D eigenvalue weighted by Gasteiger charge is 2.03. The van der Waals surface area contributed by atoms with Crippen LogP contribution >= 0.6 is 12.2 Å². The van der Waals surface area contributed by atoms with Crippen LogP contribution in [-0.2, 0) is 0 Å². The molecule has 0 aromatic heterocycles. The van der Waals surface area contributed by atoms with Crippen LogP contribution in [0, 0.1) is 5.92 Å². The van der Waals surface area contributed by atoms with Crippen molar-refractivity contribution in [3.63, 3.8) is 0 Å². The van der Waals surface area contributed by atoms with Crippen LogP contribution < -0.4 is 0 Å². The summed E-state index contributed by atoms with van der Waals surface area (Å²) in [5.41, 5.74) is 0. The molecular weight excluding hydrogens is 120 g/mol. The van der Waals surface area contributed by atoms with Gasteiger partial charge >= 0.3 is 0 Å². The van der Waals surface area contributed by atoms with Gasteiger partial charge in [0.15, 0.2) is 5.05 Å². The van der Waals surface area contributed by atoms with E-state index in [2.05, 4.69) is 18.8 Å². The molecule has 0 rings (SSSR count). The second-order valence-corrected chi connectivity index (χ2v) is 2.01. The monoisotopic (exact) mass is 130 g/mol. The average Bonchev–Trinajstić information content (AvgIpc) is 1.69. The summed E-state index contributed by atoms with van der Waals surface area (Å²) in [5.74, 6) is 0.00463. The number of rotatable bonds is 3. The first-order valence-corrected chi connectivity index (χ1v) is 2.98. The number of thiocarbonyl (C=S) groups is 1.